The van der Waals surface area contributed by atoms with Gasteiger partial charge in [0.2, 0.25) is 5.91 Å². The molecule has 3 rings (SSSR count). The third-order valence-electron chi connectivity index (χ3n) is 4.66. The van der Waals surface area contributed by atoms with Crippen LogP contribution in [0.1, 0.15) is 20.7 Å². The fraction of sp³-hybridized carbons (Fsp3) is 0.318. The number of morpholine rings is 1. The van der Waals surface area contributed by atoms with Crippen LogP contribution in [-0.2, 0) is 9.53 Å². The first-order valence-electron chi connectivity index (χ1n) is 9.76. The van der Waals surface area contributed by atoms with Crippen LogP contribution >= 0.6 is 0 Å². The quantitative estimate of drug-likeness (QED) is 0.759. The summed E-state index contributed by atoms with van der Waals surface area (Å²) in [7, 11) is 3.38. The van der Waals surface area contributed by atoms with E-state index in [1.54, 1.807) is 67.5 Å². The number of hydrogen-bond donors (Lipinski definition) is 2. The number of nitrogens with zero attached hydrogens (tertiary/aromatic N) is 2. The summed E-state index contributed by atoms with van der Waals surface area (Å²) in [5, 5.41) is 5.81. The minimum atomic E-state index is -0.254. The molecule has 2 N–H and O–H groups in total. The van der Waals surface area contributed by atoms with E-state index < -0.39 is 0 Å². The number of carbonyl (C=O) groups is 3. The average Bonchev–Trinajstić information content (AvgIpc) is 2.77. The Kier molecular flexibility index (Phi) is 7.03. The molecule has 0 bridgehead atoms. The van der Waals surface area contributed by atoms with Gasteiger partial charge in [0, 0.05) is 49.7 Å². The van der Waals surface area contributed by atoms with Gasteiger partial charge in [-0.1, -0.05) is 12.1 Å². The van der Waals surface area contributed by atoms with E-state index in [0.717, 1.165) is 0 Å². The maximum absolute atomic E-state index is 12.6. The third kappa shape index (κ3) is 5.57. The SMILES string of the molecule is CN(C)C(=O)c1cccc(NCC(=O)Nc2cccc(C(=O)N3CCOCC3)c2)c1. The number of carbonyl (C=O) groups excluding carboxylic acids is 3. The number of hydrogen-bond acceptors (Lipinski definition) is 5. The van der Waals surface area contributed by atoms with Crippen molar-refractivity contribution in [1.82, 2.24) is 9.80 Å². The van der Waals surface area contributed by atoms with Gasteiger partial charge in [-0.2, -0.15) is 0 Å². The van der Waals surface area contributed by atoms with Crippen molar-refractivity contribution in [3.63, 3.8) is 0 Å². The highest BCUT2D eigenvalue weighted by Gasteiger charge is 2.18. The van der Waals surface area contributed by atoms with Crippen LogP contribution in [0.2, 0.25) is 0 Å². The van der Waals surface area contributed by atoms with Gasteiger partial charge in [-0.05, 0) is 36.4 Å². The van der Waals surface area contributed by atoms with Crippen LogP contribution in [0.5, 0.6) is 0 Å². The maximum atomic E-state index is 12.6. The van der Waals surface area contributed by atoms with Gasteiger partial charge in [-0.25, -0.2) is 0 Å². The zero-order valence-electron chi connectivity index (χ0n) is 17.2. The van der Waals surface area contributed by atoms with Crippen LogP contribution in [0.15, 0.2) is 48.5 Å². The lowest BCUT2D eigenvalue weighted by atomic mass is 10.1. The second-order valence-electron chi connectivity index (χ2n) is 7.17. The molecular formula is C22H26N4O4. The van der Waals surface area contributed by atoms with E-state index in [0.29, 0.717) is 48.8 Å². The van der Waals surface area contributed by atoms with Crippen molar-refractivity contribution >= 4 is 29.1 Å². The lowest BCUT2D eigenvalue weighted by Crippen LogP contribution is -2.40. The first-order valence-corrected chi connectivity index (χ1v) is 9.76. The smallest absolute Gasteiger partial charge is 0.254 e. The standard InChI is InChI=1S/C22H26N4O4/c1-25(2)21(28)16-5-3-7-18(13-16)23-15-20(27)24-19-8-4-6-17(14-19)22(29)26-9-11-30-12-10-26/h3-8,13-14,23H,9-12,15H2,1-2H3,(H,24,27). The number of amides is 3. The normalized spacial score (nSPS) is 13.5. The second kappa shape index (κ2) is 9.89. The summed E-state index contributed by atoms with van der Waals surface area (Å²) < 4.78 is 5.28. The van der Waals surface area contributed by atoms with Crippen molar-refractivity contribution in [1.29, 1.82) is 0 Å². The van der Waals surface area contributed by atoms with Crippen molar-refractivity contribution in [2.24, 2.45) is 0 Å². The van der Waals surface area contributed by atoms with Crippen molar-refractivity contribution in [3.8, 4) is 0 Å². The lowest BCUT2D eigenvalue weighted by Gasteiger charge is -2.27. The molecule has 8 heteroatoms. The van der Waals surface area contributed by atoms with Crippen molar-refractivity contribution < 1.29 is 19.1 Å². The predicted octanol–water partition coefficient (Wildman–Crippen LogP) is 1.91. The van der Waals surface area contributed by atoms with E-state index in [1.165, 1.54) is 4.90 Å². The van der Waals surface area contributed by atoms with Crippen LogP contribution in [0.4, 0.5) is 11.4 Å². The topological polar surface area (TPSA) is 91.0 Å². The van der Waals surface area contributed by atoms with Crippen LogP contribution in [-0.4, -0.2) is 74.5 Å². The summed E-state index contributed by atoms with van der Waals surface area (Å²) in [4.78, 5) is 40.2. The highest BCUT2D eigenvalue weighted by Crippen LogP contribution is 2.15. The molecule has 0 aliphatic carbocycles. The summed E-state index contributed by atoms with van der Waals surface area (Å²) in [5.41, 5.74) is 2.30. The summed E-state index contributed by atoms with van der Waals surface area (Å²) in [6, 6.07) is 13.9. The molecule has 0 spiro atoms. The predicted molar refractivity (Wildman–Crippen MR) is 115 cm³/mol. The number of anilines is 2. The Hall–Kier alpha value is -3.39. The Balaban J connectivity index is 1.57. The van der Waals surface area contributed by atoms with Crippen molar-refractivity contribution in [3.05, 3.63) is 59.7 Å². The van der Waals surface area contributed by atoms with Gasteiger partial charge in [0.05, 0.1) is 19.8 Å². The molecule has 1 aliphatic rings. The molecule has 1 saturated heterocycles. The zero-order chi connectivity index (χ0) is 21.5. The van der Waals surface area contributed by atoms with Gasteiger partial charge in [-0.15, -0.1) is 0 Å². The molecule has 0 aromatic heterocycles. The molecule has 0 radical (unpaired) electrons. The highest BCUT2D eigenvalue weighted by molar-refractivity contribution is 5.98. The van der Waals surface area contributed by atoms with Gasteiger partial charge in [0.25, 0.3) is 11.8 Å². The number of benzene rings is 2. The Morgan fingerprint density at radius 3 is 2.30 bits per heavy atom. The lowest BCUT2D eigenvalue weighted by molar-refractivity contribution is -0.114. The van der Waals surface area contributed by atoms with Crippen LogP contribution in [0, 0.1) is 0 Å². The van der Waals surface area contributed by atoms with E-state index in [4.69, 9.17) is 4.74 Å². The van der Waals surface area contributed by atoms with Crippen LogP contribution < -0.4 is 10.6 Å². The zero-order valence-corrected chi connectivity index (χ0v) is 17.2. The minimum Gasteiger partial charge on any atom is -0.378 e. The molecule has 30 heavy (non-hydrogen) atoms. The number of ether oxygens (including phenoxy) is 1. The van der Waals surface area contributed by atoms with E-state index in [9.17, 15) is 14.4 Å². The Bertz CT molecular complexity index is 923. The largest absolute Gasteiger partial charge is 0.378 e. The molecule has 0 unspecified atom stereocenters. The fourth-order valence-corrected chi connectivity index (χ4v) is 3.09. The Morgan fingerprint density at radius 2 is 1.60 bits per heavy atom. The van der Waals surface area contributed by atoms with E-state index >= 15 is 0 Å². The van der Waals surface area contributed by atoms with Gasteiger partial charge in [-0.3, -0.25) is 14.4 Å². The summed E-state index contributed by atoms with van der Waals surface area (Å²) in [5.74, 6) is -0.435. The first-order chi connectivity index (χ1) is 14.4. The van der Waals surface area contributed by atoms with Crippen LogP contribution in [0.3, 0.4) is 0 Å². The third-order valence-corrected chi connectivity index (χ3v) is 4.66. The molecule has 0 atom stereocenters. The van der Waals surface area contributed by atoms with E-state index in [1.807, 2.05) is 0 Å². The van der Waals surface area contributed by atoms with Gasteiger partial charge < -0.3 is 25.2 Å². The minimum absolute atomic E-state index is 0.0290. The van der Waals surface area contributed by atoms with Crippen molar-refractivity contribution in [2.75, 3.05) is 57.6 Å². The molecule has 1 aliphatic heterocycles. The first kappa shape index (κ1) is 21.3. The summed E-state index contributed by atoms with van der Waals surface area (Å²) in [6.45, 7) is 2.23. The summed E-state index contributed by atoms with van der Waals surface area (Å²) >= 11 is 0. The van der Waals surface area contributed by atoms with Crippen molar-refractivity contribution in [2.45, 2.75) is 0 Å². The Morgan fingerprint density at radius 1 is 0.967 bits per heavy atom. The van der Waals surface area contributed by atoms with Gasteiger partial charge >= 0.3 is 0 Å². The molecule has 8 nitrogen and oxygen atoms in total. The van der Waals surface area contributed by atoms with Crippen LogP contribution in [0.25, 0.3) is 0 Å². The molecule has 158 valence electrons. The van der Waals surface area contributed by atoms with E-state index in [-0.39, 0.29) is 24.3 Å². The molecular weight excluding hydrogens is 384 g/mol. The van der Waals surface area contributed by atoms with Gasteiger partial charge in [0.1, 0.15) is 0 Å². The average molecular weight is 410 g/mol. The molecule has 3 amide bonds. The number of rotatable bonds is 6. The maximum Gasteiger partial charge on any atom is 0.254 e. The molecule has 2 aromatic carbocycles. The highest BCUT2D eigenvalue weighted by atomic mass is 16.5. The monoisotopic (exact) mass is 410 g/mol. The molecule has 1 heterocycles. The fourth-order valence-electron chi connectivity index (χ4n) is 3.09. The molecule has 1 fully saturated rings. The molecule has 2 aromatic rings. The Labute approximate surface area is 175 Å². The van der Waals surface area contributed by atoms with E-state index in [2.05, 4.69) is 10.6 Å². The van der Waals surface area contributed by atoms with Gasteiger partial charge in [0.15, 0.2) is 0 Å². The summed E-state index contributed by atoms with van der Waals surface area (Å²) in [6.07, 6.45) is 0. The second-order valence-corrected chi connectivity index (χ2v) is 7.17. The number of nitrogens with one attached hydrogen (secondary N) is 2. The molecule has 0 saturated carbocycles.